The van der Waals surface area contributed by atoms with E-state index in [0.717, 1.165) is 4.90 Å². The predicted molar refractivity (Wildman–Crippen MR) is 60.2 cm³/mol. The summed E-state index contributed by atoms with van der Waals surface area (Å²) in [5.74, 6) is 0. The summed E-state index contributed by atoms with van der Waals surface area (Å²) in [6.07, 6.45) is -0.555. The molecule has 0 bridgehead atoms. The molecule has 1 saturated heterocycles. The van der Waals surface area contributed by atoms with Crippen LogP contribution in [0.5, 0.6) is 0 Å². The fourth-order valence-corrected chi connectivity index (χ4v) is 1.52. The number of urea groups is 1. The predicted octanol–water partition coefficient (Wildman–Crippen LogP) is 2.07. The molecular formula is C11H20N2O3. The Morgan fingerprint density at radius 3 is 2.25 bits per heavy atom. The summed E-state index contributed by atoms with van der Waals surface area (Å²) in [4.78, 5) is 26.3. The van der Waals surface area contributed by atoms with Crippen molar-refractivity contribution in [1.29, 1.82) is 0 Å². The molecule has 1 heterocycles. The lowest BCUT2D eigenvalue weighted by Crippen LogP contribution is -2.41. The highest BCUT2D eigenvalue weighted by Crippen LogP contribution is 2.16. The fraction of sp³-hybridized carbons (Fsp3) is 0.818. The molecule has 0 atom stereocenters. The van der Waals surface area contributed by atoms with Gasteiger partial charge in [-0.25, -0.2) is 14.5 Å². The minimum atomic E-state index is -0.567. The Bertz CT molecular complexity index is 294. The molecular weight excluding hydrogens is 208 g/mol. The van der Waals surface area contributed by atoms with Crippen LogP contribution in [0.1, 0.15) is 34.6 Å². The average Bonchev–Trinajstić information content (AvgIpc) is 2.43. The molecule has 0 aliphatic carbocycles. The number of imide groups is 1. The lowest BCUT2D eigenvalue weighted by molar-refractivity contribution is 0.0347. The number of carbonyl (C=O) groups is 2. The molecule has 92 valence electrons. The maximum absolute atomic E-state index is 11.8. The van der Waals surface area contributed by atoms with Gasteiger partial charge in [0.2, 0.25) is 0 Å². The lowest BCUT2D eigenvalue weighted by Gasteiger charge is -2.24. The van der Waals surface area contributed by atoms with E-state index in [4.69, 9.17) is 4.74 Å². The van der Waals surface area contributed by atoms with Gasteiger partial charge in [-0.2, -0.15) is 0 Å². The quantitative estimate of drug-likeness (QED) is 0.690. The van der Waals surface area contributed by atoms with Crippen molar-refractivity contribution in [3.63, 3.8) is 0 Å². The van der Waals surface area contributed by atoms with E-state index in [-0.39, 0.29) is 12.1 Å². The van der Waals surface area contributed by atoms with Crippen molar-refractivity contribution in [2.45, 2.75) is 46.3 Å². The van der Waals surface area contributed by atoms with E-state index in [1.807, 2.05) is 13.8 Å². The second-order valence-corrected chi connectivity index (χ2v) is 5.20. The Balaban J connectivity index is 2.64. The fourth-order valence-electron chi connectivity index (χ4n) is 1.52. The molecule has 3 amide bonds. The zero-order chi connectivity index (χ0) is 12.5. The van der Waals surface area contributed by atoms with E-state index in [0.29, 0.717) is 13.1 Å². The Morgan fingerprint density at radius 1 is 1.31 bits per heavy atom. The SMILES string of the molecule is CC(C)N1CCN(C(=O)OC(C)(C)C)C1=O. The van der Waals surface area contributed by atoms with Gasteiger partial charge < -0.3 is 9.64 Å². The molecule has 1 rings (SSSR count). The standard InChI is InChI=1S/C11H20N2O3/c1-8(2)12-6-7-13(9(12)14)10(15)16-11(3,4)5/h8H,6-7H2,1-5H3. The molecule has 5 heteroatoms. The minimum absolute atomic E-state index is 0.111. The maximum Gasteiger partial charge on any atom is 0.418 e. The van der Waals surface area contributed by atoms with Gasteiger partial charge in [0, 0.05) is 12.6 Å². The van der Waals surface area contributed by atoms with Crippen LogP contribution in [0.25, 0.3) is 0 Å². The first-order valence-electron chi connectivity index (χ1n) is 5.53. The molecule has 0 spiro atoms. The number of rotatable bonds is 1. The van der Waals surface area contributed by atoms with Crippen LogP contribution in [-0.4, -0.2) is 46.7 Å². The molecule has 1 aliphatic heterocycles. The van der Waals surface area contributed by atoms with Crippen LogP contribution >= 0.6 is 0 Å². The van der Waals surface area contributed by atoms with Gasteiger partial charge in [-0.1, -0.05) is 0 Å². The van der Waals surface area contributed by atoms with Crippen LogP contribution in [0.3, 0.4) is 0 Å². The monoisotopic (exact) mass is 228 g/mol. The summed E-state index contributed by atoms with van der Waals surface area (Å²) in [7, 11) is 0. The highest BCUT2D eigenvalue weighted by Gasteiger charge is 2.36. The number of hydrogen-bond acceptors (Lipinski definition) is 3. The number of hydrogen-bond donors (Lipinski definition) is 0. The van der Waals surface area contributed by atoms with E-state index in [9.17, 15) is 9.59 Å². The molecule has 5 nitrogen and oxygen atoms in total. The van der Waals surface area contributed by atoms with E-state index in [1.54, 1.807) is 25.7 Å². The van der Waals surface area contributed by atoms with Crippen molar-refractivity contribution in [3.8, 4) is 0 Å². The van der Waals surface area contributed by atoms with Gasteiger partial charge in [-0.15, -0.1) is 0 Å². The van der Waals surface area contributed by atoms with Crippen LogP contribution in [0.4, 0.5) is 9.59 Å². The van der Waals surface area contributed by atoms with Crippen LogP contribution in [0.2, 0.25) is 0 Å². The van der Waals surface area contributed by atoms with Gasteiger partial charge in [0.1, 0.15) is 5.60 Å². The first kappa shape index (κ1) is 12.8. The minimum Gasteiger partial charge on any atom is -0.443 e. The Kier molecular flexibility index (Phi) is 3.45. The van der Waals surface area contributed by atoms with Crippen molar-refractivity contribution < 1.29 is 14.3 Å². The maximum atomic E-state index is 11.8. The van der Waals surface area contributed by atoms with Gasteiger partial charge >= 0.3 is 12.1 Å². The first-order chi connectivity index (χ1) is 7.22. The number of amides is 3. The van der Waals surface area contributed by atoms with Crippen molar-refractivity contribution in [2.75, 3.05) is 13.1 Å². The number of nitrogens with zero attached hydrogens (tertiary/aromatic N) is 2. The van der Waals surface area contributed by atoms with Crippen LogP contribution < -0.4 is 0 Å². The van der Waals surface area contributed by atoms with E-state index >= 15 is 0 Å². The normalized spacial score (nSPS) is 17.2. The molecule has 0 N–H and O–H groups in total. The zero-order valence-electron chi connectivity index (χ0n) is 10.6. The Labute approximate surface area is 96.3 Å². The van der Waals surface area contributed by atoms with E-state index in [1.165, 1.54) is 0 Å². The summed E-state index contributed by atoms with van der Waals surface area (Å²) in [5.41, 5.74) is -0.567. The first-order valence-corrected chi connectivity index (χ1v) is 5.53. The van der Waals surface area contributed by atoms with Gasteiger partial charge in [-0.05, 0) is 34.6 Å². The summed E-state index contributed by atoms with van der Waals surface area (Å²) >= 11 is 0. The smallest absolute Gasteiger partial charge is 0.418 e. The van der Waals surface area contributed by atoms with Gasteiger partial charge in [0.05, 0.1) is 6.54 Å². The highest BCUT2D eigenvalue weighted by atomic mass is 16.6. The van der Waals surface area contributed by atoms with Crippen molar-refractivity contribution in [2.24, 2.45) is 0 Å². The molecule has 0 saturated carbocycles. The molecule has 0 unspecified atom stereocenters. The second-order valence-electron chi connectivity index (χ2n) is 5.20. The summed E-state index contributed by atoms with van der Waals surface area (Å²) in [6.45, 7) is 10.2. The molecule has 16 heavy (non-hydrogen) atoms. The zero-order valence-corrected chi connectivity index (χ0v) is 10.6. The van der Waals surface area contributed by atoms with Gasteiger partial charge in [-0.3, -0.25) is 0 Å². The number of carbonyl (C=O) groups excluding carboxylic acids is 2. The largest absolute Gasteiger partial charge is 0.443 e. The number of ether oxygens (including phenoxy) is 1. The van der Waals surface area contributed by atoms with Crippen LogP contribution in [0, 0.1) is 0 Å². The summed E-state index contributed by atoms with van der Waals surface area (Å²) in [6, 6.07) is -0.149. The highest BCUT2D eigenvalue weighted by molar-refractivity contribution is 5.92. The molecule has 1 aliphatic rings. The Hall–Kier alpha value is -1.26. The van der Waals surface area contributed by atoms with Crippen LogP contribution in [-0.2, 0) is 4.74 Å². The average molecular weight is 228 g/mol. The van der Waals surface area contributed by atoms with Crippen LogP contribution in [0.15, 0.2) is 0 Å². The van der Waals surface area contributed by atoms with E-state index in [2.05, 4.69) is 0 Å². The molecule has 0 aromatic carbocycles. The topological polar surface area (TPSA) is 49.9 Å². The third-order valence-corrected chi connectivity index (χ3v) is 2.28. The molecule has 0 aromatic rings. The van der Waals surface area contributed by atoms with Gasteiger partial charge in [0.25, 0.3) is 0 Å². The lowest BCUT2D eigenvalue weighted by atomic mass is 10.2. The van der Waals surface area contributed by atoms with E-state index < -0.39 is 11.7 Å². The molecule has 0 radical (unpaired) electrons. The van der Waals surface area contributed by atoms with Gasteiger partial charge in [0.15, 0.2) is 0 Å². The Morgan fingerprint density at radius 2 is 1.88 bits per heavy atom. The van der Waals surface area contributed by atoms with Crippen molar-refractivity contribution >= 4 is 12.1 Å². The third kappa shape index (κ3) is 2.87. The summed E-state index contributed by atoms with van der Waals surface area (Å²) in [5, 5.41) is 0. The molecule has 1 fully saturated rings. The molecule has 0 aromatic heterocycles. The van der Waals surface area contributed by atoms with Crippen molar-refractivity contribution in [3.05, 3.63) is 0 Å². The third-order valence-electron chi connectivity index (χ3n) is 2.28. The summed E-state index contributed by atoms with van der Waals surface area (Å²) < 4.78 is 5.16. The second kappa shape index (κ2) is 4.31. The van der Waals surface area contributed by atoms with Crippen molar-refractivity contribution in [1.82, 2.24) is 9.80 Å².